The molecule has 0 aromatic heterocycles. The fourth-order valence-electron chi connectivity index (χ4n) is 1.85. The first kappa shape index (κ1) is 15.5. The number of anilines is 1. The molecule has 0 spiro atoms. The highest BCUT2D eigenvalue weighted by atomic mass is 79.9. The van der Waals surface area contributed by atoms with E-state index in [4.69, 9.17) is 27.9 Å². The molecule has 2 rings (SSSR count). The van der Waals surface area contributed by atoms with Gasteiger partial charge in [-0.3, -0.25) is 0 Å². The molecule has 1 unspecified atom stereocenters. The molecule has 0 saturated heterocycles. The number of hydrogen-bond acceptors (Lipinski definition) is 2. The van der Waals surface area contributed by atoms with E-state index in [1.54, 1.807) is 7.11 Å². The van der Waals surface area contributed by atoms with Crippen LogP contribution in [0.5, 0.6) is 5.75 Å². The fraction of sp³-hybridized carbons (Fsp3) is 0.200. The minimum absolute atomic E-state index is 0.107. The molecule has 0 radical (unpaired) electrons. The molecule has 2 aromatic rings. The van der Waals surface area contributed by atoms with Crippen molar-refractivity contribution >= 4 is 44.8 Å². The van der Waals surface area contributed by atoms with Gasteiger partial charge in [-0.25, -0.2) is 0 Å². The van der Waals surface area contributed by atoms with Gasteiger partial charge in [-0.1, -0.05) is 35.3 Å². The molecule has 0 heterocycles. The fourth-order valence-corrected chi connectivity index (χ4v) is 2.68. The summed E-state index contributed by atoms with van der Waals surface area (Å²) in [4.78, 5) is 0. The van der Waals surface area contributed by atoms with Gasteiger partial charge < -0.3 is 10.1 Å². The highest BCUT2D eigenvalue weighted by Gasteiger charge is 2.11. The maximum atomic E-state index is 6.23. The second kappa shape index (κ2) is 6.70. The van der Waals surface area contributed by atoms with Crippen LogP contribution in [0.1, 0.15) is 18.5 Å². The summed E-state index contributed by atoms with van der Waals surface area (Å²) >= 11 is 15.7. The molecule has 1 atom stereocenters. The van der Waals surface area contributed by atoms with Crippen molar-refractivity contribution in [2.24, 2.45) is 0 Å². The Morgan fingerprint density at radius 2 is 1.70 bits per heavy atom. The Balaban J connectivity index is 2.18. The molecule has 20 heavy (non-hydrogen) atoms. The van der Waals surface area contributed by atoms with Gasteiger partial charge in [-0.15, -0.1) is 0 Å². The highest BCUT2D eigenvalue weighted by Crippen LogP contribution is 2.37. The second-order valence-electron chi connectivity index (χ2n) is 4.36. The lowest BCUT2D eigenvalue weighted by Crippen LogP contribution is -2.07. The Hall–Kier alpha value is -0.900. The average Bonchev–Trinajstić information content (AvgIpc) is 2.48. The first-order valence-electron chi connectivity index (χ1n) is 6.07. The predicted molar refractivity (Wildman–Crippen MR) is 89.2 cm³/mol. The first-order chi connectivity index (χ1) is 9.52. The number of rotatable bonds is 4. The Morgan fingerprint density at radius 1 is 1.05 bits per heavy atom. The van der Waals surface area contributed by atoms with Crippen LogP contribution >= 0.6 is 39.1 Å². The molecule has 0 saturated carbocycles. The third kappa shape index (κ3) is 3.40. The molecular weight excluding hydrogens is 361 g/mol. The van der Waals surface area contributed by atoms with Crippen LogP contribution in [0.2, 0.25) is 10.0 Å². The van der Waals surface area contributed by atoms with Crippen molar-refractivity contribution in [1.82, 2.24) is 0 Å². The van der Waals surface area contributed by atoms with Gasteiger partial charge in [-0.05, 0) is 52.7 Å². The van der Waals surface area contributed by atoms with Crippen molar-refractivity contribution in [3.05, 3.63) is 56.5 Å². The zero-order valence-electron chi connectivity index (χ0n) is 11.1. The molecule has 0 bridgehead atoms. The molecular formula is C15H14BrCl2NO. The van der Waals surface area contributed by atoms with Gasteiger partial charge in [0.15, 0.2) is 0 Å². The van der Waals surface area contributed by atoms with Gasteiger partial charge in [0.05, 0.1) is 22.8 Å². The summed E-state index contributed by atoms with van der Waals surface area (Å²) < 4.78 is 5.94. The summed E-state index contributed by atoms with van der Waals surface area (Å²) in [5.74, 6) is 0.839. The quantitative estimate of drug-likeness (QED) is 0.668. The van der Waals surface area contributed by atoms with E-state index < -0.39 is 0 Å². The van der Waals surface area contributed by atoms with Crippen molar-refractivity contribution in [2.45, 2.75) is 13.0 Å². The summed E-state index contributed by atoms with van der Waals surface area (Å²) in [6, 6.07) is 11.8. The van der Waals surface area contributed by atoms with Gasteiger partial charge in [0.2, 0.25) is 0 Å². The Morgan fingerprint density at radius 3 is 2.30 bits per heavy atom. The molecule has 5 heteroatoms. The van der Waals surface area contributed by atoms with Crippen LogP contribution in [0, 0.1) is 0 Å². The second-order valence-corrected chi connectivity index (χ2v) is 5.97. The summed E-state index contributed by atoms with van der Waals surface area (Å²) in [7, 11) is 1.65. The molecule has 1 N–H and O–H groups in total. The minimum Gasteiger partial charge on any atom is -0.497 e. The number of methoxy groups -OCH3 is 1. The van der Waals surface area contributed by atoms with Crippen LogP contribution in [0.15, 0.2) is 40.9 Å². The molecule has 106 valence electrons. The number of halogens is 3. The minimum atomic E-state index is 0.107. The van der Waals surface area contributed by atoms with Gasteiger partial charge in [0, 0.05) is 10.5 Å². The van der Waals surface area contributed by atoms with Crippen molar-refractivity contribution in [2.75, 3.05) is 12.4 Å². The zero-order valence-corrected chi connectivity index (χ0v) is 14.2. The monoisotopic (exact) mass is 373 g/mol. The maximum absolute atomic E-state index is 6.23. The van der Waals surface area contributed by atoms with E-state index in [1.165, 1.54) is 0 Å². The zero-order chi connectivity index (χ0) is 14.7. The molecule has 2 aromatic carbocycles. The van der Waals surface area contributed by atoms with E-state index in [0.29, 0.717) is 10.0 Å². The highest BCUT2D eigenvalue weighted by molar-refractivity contribution is 9.10. The van der Waals surface area contributed by atoms with Gasteiger partial charge in [0.25, 0.3) is 0 Å². The Labute approximate surface area is 137 Å². The topological polar surface area (TPSA) is 21.3 Å². The van der Waals surface area contributed by atoms with E-state index >= 15 is 0 Å². The van der Waals surface area contributed by atoms with Crippen LogP contribution in [-0.2, 0) is 0 Å². The smallest absolute Gasteiger partial charge is 0.118 e. The van der Waals surface area contributed by atoms with Crippen LogP contribution in [0.25, 0.3) is 0 Å². The van der Waals surface area contributed by atoms with Crippen LogP contribution in [0.4, 0.5) is 5.69 Å². The molecule has 0 fully saturated rings. The summed E-state index contributed by atoms with van der Waals surface area (Å²) in [6.07, 6.45) is 0. The van der Waals surface area contributed by atoms with Crippen LogP contribution < -0.4 is 10.1 Å². The molecule has 0 aliphatic carbocycles. The summed E-state index contributed by atoms with van der Waals surface area (Å²) in [5.41, 5.74) is 1.95. The number of benzene rings is 2. The maximum Gasteiger partial charge on any atom is 0.118 e. The largest absolute Gasteiger partial charge is 0.497 e. The third-order valence-corrected chi connectivity index (χ3v) is 4.79. The van der Waals surface area contributed by atoms with Gasteiger partial charge >= 0.3 is 0 Å². The Kier molecular flexibility index (Phi) is 5.19. The van der Waals surface area contributed by atoms with Crippen LogP contribution in [-0.4, -0.2) is 7.11 Å². The SMILES string of the molecule is COc1ccc(C(C)Nc2ccc(Br)c(Cl)c2Cl)cc1. The van der Waals surface area contributed by atoms with Crippen molar-refractivity contribution in [3.63, 3.8) is 0 Å². The predicted octanol–water partition coefficient (Wildman–Crippen LogP) is 5.94. The third-order valence-electron chi connectivity index (χ3n) is 3.02. The normalized spacial score (nSPS) is 12.1. The van der Waals surface area contributed by atoms with Crippen LogP contribution in [0.3, 0.4) is 0 Å². The Bertz CT molecular complexity index is 602. The standard InChI is InChI=1S/C15H14BrCl2NO/c1-9(10-3-5-11(20-2)6-4-10)19-13-8-7-12(16)14(17)15(13)18/h3-9,19H,1-2H3. The van der Waals surface area contributed by atoms with E-state index in [-0.39, 0.29) is 6.04 Å². The van der Waals surface area contributed by atoms with E-state index in [1.807, 2.05) is 36.4 Å². The van der Waals surface area contributed by atoms with Gasteiger partial charge in [0.1, 0.15) is 5.75 Å². The average molecular weight is 375 g/mol. The van der Waals surface area contributed by atoms with E-state index in [0.717, 1.165) is 21.5 Å². The lowest BCUT2D eigenvalue weighted by atomic mass is 10.1. The summed E-state index contributed by atoms with van der Waals surface area (Å²) in [6.45, 7) is 2.06. The van der Waals surface area contributed by atoms with E-state index in [9.17, 15) is 0 Å². The summed E-state index contributed by atoms with van der Waals surface area (Å²) in [5, 5.41) is 4.38. The molecule has 2 nitrogen and oxygen atoms in total. The van der Waals surface area contributed by atoms with Crippen molar-refractivity contribution in [1.29, 1.82) is 0 Å². The lowest BCUT2D eigenvalue weighted by Gasteiger charge is -2.18. The number of ether oxygens (including phenoxy) is 1. The molecule has 0 aliphatic heterocycles. The number of hydrogen-bond donors (Lipinski definition) is 1. The lowest BCUT2D eigenvalue weighted by molar-refractivity contribution is 0.414. The number of nitrogens with one attached hydrogen (secondary N) is 1. The van der Waals surface area contributed by atoms with Crippen molar-refractivity contribution in [3.8, 4) is 5.75 Å². The first-order valence-corrected chi connectivity index (χ1v) is 7.61. The van der Waals surface area contributed by atoms with E-state index in [2.05, 4.69) is 28.2 Å². The molecule has 0 aliphatic rings. The molecule has 0 amide bonds. The van der Waals surface area contributed by atoms with Crippen molar-refractivity contribution < 1.29 is 4.74 Å². The van der Waals surface area contributed by atoms with Gasteiger partial charge in [-0.2, -0.15) is 0 Å².